The minimum atomic E-state index is -0.495. The Balaban J connectivity index is 4.24. The molecule has 0 rings (SSSR count). The third-order valence-corrected chi connectivity index (χ3v) is 2.08. The van der Waals surface area contributed by atoms with Crippen molar-refractivity contribution in [1.29, 1.82) is 0 Å². The molecule has 0 aliphatic carbocycles. The van der Waals surface area contributed by atoms with Crippen LogP contribution in [0, 0.1) is 5.92 Å². The van der Waals surface area contributed by atoms with Gasteiger partial charge in [0.1, 0.15) is 0 Å². The molecule has 0 heterocycles. The molecule has 2 atom stereocenters. The highest BCUT2D eigenvalue weighted by Crippen LogP contribution is 2.13. The van der Waals surface area contributed by atoms with Gasteiger partial charge in [0.05, 0.1) is 12.0 Å². The lowest BCUT2D eigenvalue weighted by Crippen LogP contribution is -2.36. The summed E-state index contributed by atoms with van der Waals surface area (Å²) in [5.41, 5.74) is 0. The van der Waals surface area contributed by atoms with Crippen LogP contribution in [-0.4, -0.2) is 36.1 Å². The molecular formula is C9H19NO2. The second-order valence-electron chi connectivity index (χ2n) is 3.22. The first-order valence-corrected chi connectivity index (χ1v) is 4.43. The zero-order chi connectivity index (χ0) is 9.72. The number of aliphatic hydroxyl groups is 1. The smallest absolute Gasteiger partial charge is 0.227 e. The molecule has 0 aliphatic rings. The number of hydrogen-bond donors (Lipinski definition) is 1. The fraction of sp³-hybridized carbons (Fsp3) is 0.889. The monoisotopic (exact) mass is 173 g/mol. The fourth-order valence-corrected chi connectivity index (χ4v) is 1.23. The number of carbonyl (C=O) groups excluding carboxylic acids is 1. The van der Waals surface area contributed by atoms with Gasteiger partial charge in [0.2, 0.25) is 5.91 Å². The van der Waals surface area contributed by atoms with E-state index in [-0.39, 0.29) is 11.8 Å². The highest BCUT2D eigenvalue weighted by Gasteiger charge is 2.24. The highest BCUT2D eigenvalue weighted by molar-refractivity contribution is 5.78. The van der Waals surface area contributed by atoms with Crippen molar-refractivity contribution < 1.29 is 9.90 Å². The van der Waals surface area contributed by atoms with E-state index in [0.29, 0.717) is 12.8 Å². The van der Waals surface area contributed by atoms with Crippen LogP contribution in [0.2, 0.25) is 0 Å². The van der Waals surface area contributed by atoms with Crippen LogP contribution >= 0.6 is 0 Å². The van der Waals surface area contributed by atoms with Crippen LogP contribution in [0.15, 0.2) is 0 Å². The maximum absolute atomic E-state index is 11.4. The molecule has 0 aromatic rings. The van der Waals surface area contributed by atoms with Crippen molar-refractivity contribution in [1.82, 2.24) is 4.90 Å². The van der Waals surface area contributed by atoms with Gasteiger partial charge in [0.15, 0.2) is 0 Å². The van der Waals surface area contributed by atoms with Gasteiger partial charge in [0, 0.05) is 14.1 Å². The lowest BCUT2D eigenvalue weighted by molar-refractivity contribution is -0.136. The third-order valence-electron chi connectivity index (χ3n) is 2.08. The highest BCUT2D eigenvalue weighted by atomic mass is 16.3. The number of nitrogens with zero attached hydrogens (tertiary/aromatic N) is 1. The summed E-state index contributed by atoms with van der Waals surface area (Å²) in [5, 5.41) is 9.49. The van der Waals surface area contributed by atoms with E-state index < -0.39 is 6.10 Å². The Bertz CT molecular complexity index is 145. The van der Waals surface area contributed by atoms with E-state index >= 15 is 0 Å². The molecule has 0 fully saturated rings. The zero-order valence-electron chi connectivity index (χ0n) is 8.37. The number of rotatable bonds is 4. The minimum absolute atomic E-state index is 0.0202. The van der Waals surface area contributed by atoms with E-state index in [2.05, 4.69) is 0 Å². The van der Waals surface area contributed by atoms with E-state index in [1.807, 2.05) is 13.8 Å². The van der Waals surface area contributed by atoms with Crippen LogP contribution in [0.25, 0.3) is 0 Å². The number of aliphatic hydroxyl groups excluding tert-OH is 1. The molecule has 1 N–H and O–H groups in total. The Morgan fingerprint density at radius 2 is 1.83 bits per heavy atom. The van der Waals surface area contributed by atoms with Gasteiger partial charge < -0.3 is 10.0 Å². The van der Waals surface area contributed by atoms with Crippen molar-refractivity contribution in [3.8, 4) is 0 Å². The molecule has 1 amide bonds. The van der Waals surface area contributed by atoms with Gasteiger partial charge >= 0.3 is 0 Å². The second-order valence-corrected chi connectivity index (χ2v) is 3.22. The first kappa shape index (κ1) is 11.4. The molecule has 3 nitrogen and oxygen atoms in total. The largest absolute Gasteiger partial charge is 0.392 e. The molecule has 0 spiro atoms. The van der Waals surface area contributed by atoms with E-state index in [9.17, 15) is 9.90 Å². The molecular weight excluding hydrogens is 154 g/mol. The quantitative estimate of drug-likeness (QED) is 0.685. The van der Waals surface area contributed by atoms with E-state index in [1.165, 1.54) is 4.90 Å². The summed E-state index contributed by atoms with van der Waals surface area (Å²) in [7, 11) is 3.43. The van der Waals surface area contributed by atoms with Crippen LogP contribution < -0.4 is 0 Å². The van der Waals surface area contributed by atoms with Gasteiger partial charge in [-0.1, -0.05) is 13.8 Å². The summed E-state index contributed by atoms with van der Waals surface area (Å²) in [5.74, 6) is -0.211. The topological polar surface area (TPSA) is 40.5 Å². The number of carbonyl (C=O) groups is 1. The van der Waals surface area contributed by atoms with Gasteiger partial charge in [-0.2, -0.15) is 0 Å². The van der Waals surface area contributed by atoms with Gasteiger partial charge in [-0.3, -0.25) is 4.79 Å². The maximum atomic E-state index is 11.4. The first-order chi connectivity index (χ1) is 5.54. The average molecular weight is 173 g/mol. The summed E-state index contributed by atoms with van der Waals surface area (Å²) in [6, 6.07) is 0. The molecule has 0 radical (unpaired) electrons. The molecule has 0 aromatic carbocycles. The van der Waals surface area contributed by atoms with Crippen LogP contribution in [0.1, 0.15) is 26.7 Å². The Hall–Kier alpha value is -0.570. The van der Waals surface area contributed by atoms with Crippen LogP contribution in [0.5, 0.6) is 0 Å². The van der Waals surface area contributed by atoms with Crippen LogP contribution in [-0.2, 0) is 4.79 Å². The Morgan fingerprint density at radius 1 is 1.33 bits per heavy atom. The normalized spacial score (nSPS) is 15.4. The van der Waals surface area contributed by atoms with Crippen molar-refractivity contribution in [3.63, 3.8) is 0 Å². The third kappa shape index (κ3) is 2.81. The predicted octanol–water partition coefficient (Wildman–Crippen LogP) is 0.872. The minimum Gasteiger partial charge on any atom is -0.392 e. The number of amides is 1. The fourth-order valence-electron chi connectivity index (χ4n) is 1.23. The summed E-state index contributed by atoms with van der Waals surface area (Å²) < 4.78 is 0. The Kier molecular flexibility index (Phi) is 4.90. The van der Waals surface area contributed by atoms with E-state index in [0.717, 1.165) is 0 Å². The maximum Gasteiger partial charge on any atom is 0.227 e. The molecule has 0 bridgehead atoms. The molecule has 0 saturated heterocycles. The van der Waals surface area contributed by atoms with Gasteiger partial charge in [-0.25, -0.2) is 0 Å². The Labute approximate surface area is 74.4 Å². The predicted molar refractivity (Wildman–Crippen MR) is 48.8 cm³/mol. The summed E-state index contributed by atoms with van der Waals surface area (Å²) in [6.45, 7) is 3.81. The van der Waals surface area contributed by atoms with Crippen molar-refractivity contribution in [2.24, 2.45) is 5.92 Å². The molecule has 3 heteroatoms. The average Bonchev–Trinajstić information content (AvgIpc) is 2.05. The zero-order valence-corrected chi connectivity index (χ0v) is 8.37. The van der Waals surface area contributed by atoms with Crippen molar-refractivity contribution >= 4 is 5.91 Å². The van der Waals surface area contributed by atoms with Gasteiger partial charge in [-0.15, -0.1) is 0 Å². The second kappa shape index (κ2) is 5.14. The lowest BCUT2D eigenvalue weighted by Gasteiger charge is -2.22. The molecule has 0 aromatic heterocycles. The van der Waals surface area contributed by atoms with E-state index in [4.69, 9.17) is 0 Å². The van der Waals surface area contributed by atoms with Gasteiger partial charge in [0.25, 0.3) is 0 Å². The van der Waals surface area contributed by atoms with Crippen LogP contribution in [0.3, 0.4) is 0 Å². The lowest BCUT2D eigenvalue weighted by atomic mass is 9.96. The van der Waals surface area contributed by atoms with E-state index in [1.54, 1.807) is 14.1 Å². The van der Waals surface area contributed by atoms with Crippen molar-refractivity contribution in [2.75, 3.05) is 14.1 Å². The summed E-state index contributed by atoms with van der Waals surface area (Å²) in [6.07, 6.45) is 0.842. The molecule has 72 valence electrons. The van der Waals surface area contributed by atoms with Crippen molar-refractivity contribution in [2.45, 2.75) is 32.8 Å². The Morgan fingerprint density at radius 3 is 2.08 bits per heavy atom. The molecule has 0 aliphatic heterocycles. The van der Waals surface area contributed by atoms with Crippen LogP contribution in [0.4, 0.5) is 0 Å². The number of hydrogen-bond acceptors (Lipinski definition) is 2. The van der Waals surface area contributed by atoms with Gasteiger partial charge in [-0.05, 0) is 12.8 Å². The SMILES string of the molecule is CCC(O)C(CC)C(=O)N(C)C. The first-order valence-electron chi connectivity index (χ1n) is 4.43. The molecule has 0 saturated carbocycles. The molecule has 12 heavy (non-hydrogen) atoms. The summed E-state index contributed by atoms with van der Waals surface area (Å²) >= 11 is 0. The molecule has 2 unspecified atom stereocenters. The standard InChI is InChI=1S/C9H19NO2/c1-5-7(8(11)6-2)9(12)10(3)4/h7-8,11H,5-6H2,1-4H3. The summed E-state index contributed by atoms with van der Waals surface area (Å²) in [4.78, 5) is 13.0. The van der Waals surface area contributed by atoms with Crippen molar-refractivity contribution in [3.05, 3.63) is 0 Å².